The van der Waals surface area contributed by atoms with E-state index in [2.05, 4.69) is 34.2 Å². The van der Waals surface area contributed by atoms with Crippen LogP contribution in [0.1, 0.15) is 38.3 Å². The van der Waals surface area contributed by atoms with Crippen molar-refractivity contribution in [2.45, 2.75) is 39.2 Å². The second kappa shape index (κ2) is 6.69. The summed E-state index contributed by atoms with van der Waals surface area (Å²) in [6.07, 6.45) is 9.03. The van der Waals surface area contributed by atoms with Gasteiger partial charge in [0.05, 0.1) is 18.1 Å². The largest absolute Gasteiger partial charge is 0.369 e. The quantitative estimate of drug-likeness (QED) is 0.805. The van der Waals surface area contributed by atoms with E-state index in [1.54, 1.807) is 0 Å². The molecule has 2 rings (SSSR count). The van der Waals surface area contributed by atoms with Gasteiger partial charge in [0.1, 0.15) is 5.82 Å². The summed E-state index contributed by atoms with van der Waals surface area (Å²) in [7, 11) is 2.17. The number of nitrogens with zero attached hydrogens (tertiary/aromatic N) is 3. The average molecular weight is 248 g/mol. The molecule has 0 unspecified atom stereocenters. The Balaban J connectivity index is 1.77. The maximum atomic E-state index is 4.46. The van der Waals surface area contributed by atoms with Gasteiger partial charge in [0.2, 0.25) is 0 Å². The van der Waals surface area contributed by atoms with Crippen molar-refractivity contribution in [3.63, 3.8) is 0 Å². The van der Waals surface area contributed by atoms with Crippen molar-refractivity contribution >= 4 is 5.82 Å². The van der Waals surface area contributed by atoms with Gasteiger partial charge in [-0.3, -0.25) is 4.98 Å². The van der Waals surface area contributed by atoms with Gasteiger partial charge in [0.15, 0.2) is 0 Å². The second-order valence-electron chi connectivity index (χ2n) is 5.31. The second-order valence-corrected chi connectivity index (χ2v) is 5.31. The Morgan fingerprint density at radius 2 is 2.17 bits per heavy atom. The summed E-state index contributed by atoms with van der Waals surface area (Å²) in [6.45, 7) is 5.19. The first-order valence-electron chi connectivity index (χ1n) is 7.01. The molecule has 1 aliphatic carbocycles. The Morgan fingerprint density at radius 3 is 2.72 bits per heavy atom. The van der Waals surface area contributed by atoms with E-state index in [1.807, 2.05) is 12.4 Å². The number of rotatable bonds is 7. The third kappa shape index (κ3) is 3.95. The minimum Gasteiger partial charge on any atom is -0.369 e. The fourth-order valence-corrected chi connectivity index (χ4v) is 2.24. The number of anilines is 1. The van der Waals surface area contributed by atoms with Crippen molar-refractivity contribution in [3.8, 4) is 0 Å². The van der Waals surface area contributed by atoms with Gasteiger partial charge >= 0.3 is 0 Å². The molecule has 0 bridgehead atoms. The molecule has 1 heterocycles. The molecule has 1 fully saturated rings. The molecule has 0 radical (unpaired) electrons. The van der Waals surface area contributed by atoms with Crippen molar-refractivity contribution < 1.29 is 0 Å². The van der Waals surface area contributed by atoms with Crippen LogP contribution >= 0.6 is 0 Å². The van der Waals surface area contributed by atoms with E-state index in [4.69, 9.17) is 0 Å². The van der Waals surface area contributed by atoms with Gasteiger partial charge in [-0.1, -0.05) is 13.3 Å². The molecular formula is C14H24N4. The predicted molar refractivity (Wildman–Crippen MR) is 74.5 cm³/mol. The smallest absolute Gasteiger partial charge is 0.144 e. The minimum atomic E-state index is 0.877. The SMILES string of the molecule is CCCNc1cnc(CN(C)CC2CCC2)cn1. The number of hydrogen-bond acceptors (Lipinski definition) is 4. The van der Waals surface area contributed by atoms with E-state index in [0.717, 1.165) is 36.9 Å². The van der Waals surface area contributed by atoms with Gasteiger partial charge in [-0.15, -0.1) is 0 Å². The van der Waals surface area contributed by atoms with Crippen LogP contribution in [-0.2, 0) is 6.54 Å². The lowest BCUT2D eigenvalue weighted by molar-refractivity contribution is 0.199. The average Bonchev–Trinajstić information content (AvgIpc) is 2.33. The van der Waals surface area contributed by atoms with E-state index in [1.165, 1.54) is 25.8 Å². The van der Waals surface area contributed by atoms with Crippen molar-refractivity contribution in [1.82, 2.24) is 14.9 Å². The van der Waals surface area contributed by atoms with Crippen LogP contribution in [-0.4, -0.2) is 35.0 Å². The fraction of sp³-hybridized carbons (Fsp3) is 0.714. The summed E-state index contributed by atoms with van der Waals surface area (Å²) in [6, 6.07) is 0. The lowest BCUT2D eigenvalue weighted by Gasteiger charge is -2.29. The number of hydrogen-bond donors (Lipinski definition) is 1. The first kappa shape index (κ1) is 13.3. The Hall–Kier alpha value is -1.16. The molecule has 0 spiro atoms. The molecule has 4 heteroatoms. The van der Waals surface area contributed by atoms with Gasteiger partial charge < -0.3 is 10.2 Å². The Labute approximate surface area is 110 Å². The summed E-state index contributed by atoms with van der Waals surface area (Å²) in [5.74, 6) is 1.79. The zero-order valence-corrected chi connectivity index (χ0v) is 11.5. The molecule has 0 aromatic carbocycles. The lowest BCUT2D eigenvalue weighted by atomic mass is 9.85. The highest BCUT2D eigenvalue weighted by atomic mass is 15.1. The Morgan fingerprint density at radius 1 is 1.33 bits per heavy atom. The van der Waals surface area contributed by atoms with E-state index in [0.29, 0.717) is 0 Å². The van der Waals surface area contributed by atoms with Gasteiger partial charge in [0.25, 0.3) is 0 Å². The summed E-state index contributed by atoms with van der Waals surface area (Å²) in [5.41, 5.74) is 1.05. The molecule has 1 N–H and O–H groups in total. The molecule has 0 saturated heterocycles. The minimum absolute atomic E-state index is 0.877. The van der Waals surface area contributed by atoms with Crippen LogP contribution < -0.4 is 5.32 Å². The van der Waals surface area contributed by atoms with Crippen LogP contribution in [0.5, 0.6) is 0 Å². The van der Waals surface area contributed by atoms with Crippen molar-refractivity contribution in [2.24, 2.45) is 5.92 Å². The first-order valence-corrected chi connectivity index (χ1v) is 7.01. The molecule has 18 heavy (non-hydrogen) atoms. The van der Waals surface area contributed by atoms with E-state index in [-0.39, 0.29) is 0 Å². The zero-order valence-electron chi connectivity index (χ0n) is 11.5. The molecule has 1 aliphatic rings. The predicted octanol–water partition coefficient (Wildman–Crippen LogP) is 2.53. The van der Waals surface area contributed by atoms with Crippen molar-refractivity contribution in [1.29, 1.82) is 0 Å². The van der Waals surface area contributed by atoms with Crippen LogP contribution in [0.25, 0.3) is 0 Å². The van der Waals surface area contributed by atoms with Crippen LogP contribution in [0.2, 0.25) is 0 Å². The molecule has 100 valence electrons. The zero-order chi connectivity index (χ0) is 12.8. The van der Waals surface area contributed by atoms with Crippen LogP contribution in [0.3, 0.4) is 0 Å². The normalized spacial score (nSPS) is 15.7. The van der Waals surface area contributed by atoms with Crippen molar-refractivity contribution in [2.75, 3.05) is 25.5 Å². The third-order valence-electron chi connectivity index (χ3n) is 3.49. The van der Waals surface area contributed by atoms with Crippen LogP contribution in [0.15, 0.2) is 12.4 Å². The first-order chi connectivity index (χ1) is 8.78. The monoisotopic (exact) mass is 248 g/mol. The van der Waals surface area contributed by atoms with Crippen LogP contribution in [0.4, 0.5) is 5.82 Å². The van der Waals surface area contributed by atoms with Gasteiger partial charge in [0, 0.05) is 19.6 Å². The van der Waals surface area contributed by atoms with Gasteiger partial charge in [-0.05, 0) is 32.2 Å². The summed E-state index contributed by atoms with van der Waals surface area (Å²) in [4.78, 5) is 11.2. The highest BCUT2D eigenvalue weighted by molar-refractivity contribution is 5.30. The maximum Gasteiger partial charge on any atom is 0.144 e. The highest BCUT2D eigenvalue weighted by Gasteiger charge is 2.19. The highest BCUT2D eigenvalue weighted by Crippen LogP contribution is 2.26. The molecule has 0 amide bonds. The molecule has 1 aromatic heterocycles. The van der Waals surface area contributed by atoms with E-state index < -0.39 is 0 Å². The molecule has 1 saturated carbocycles. The molecule has 4 nitrogen and oxygen atoms in total. The fourth-order valence-electron chi connectivity index (χ4n) is 2.24. The summed E-state index contributed by atoms with van der Waals surface area (Å²) >= 11 is 0. The van der Waals surface area contributed by atoms with Gasteiger partial charge in [-0.25, -0.2) is 4.98 Å². The summed E-state index contributed by atoms with van der Waals surface area (Å²) in [5, 5.41) is 3.24. The van der Waals surface area contributed by atoms with Crippen LogP contribution in [0, 0.1) is 5.92 Å². The van der Waals surface area contributed by atoms with E-state index >= 15 is 0 Å². The number of nitrogens with one attached hydrogen (secondary N) is 1. The standard InChI is InChI=1S/C14H24N4/c1-3-7-15-14-9-16-13(8-17-14)11-18(2)10-12-5-4-6-12/h8-9,12H,3-7,10-11H2,1-2H3,(H,15,17). The molecule has 0 aliphatic heterocycles. The maximum absolute atomic E-state index is 4.46. The molecule has 0 atom stereocenters. The topological polar surface area (TPSA) is 41.1 Å². The van der Waals surface area contributed by atoms with E-state index in [9.17, 15) is 0 Å². The Kier molecular flexibility index (Phi) is 4.93. The van der Waals surface area contributed by atoms with Crippen molar-refractivity contribution in [3.05, 3.63) is 18.1 Å². The lowest BCUT2D eigenvalue weighted by Crippen LogP contribution is -2.29. The number of aromatic nitrogens is 2. The summed E-state index contributed by atoms with van der Waals surface area (Å²) < 4.78 is 0. The van der Waals surface area contributed by atoms with Gasteiger partial charge in [-0.2, -0.15) is 0 Å². The third-order valence-corrected chi connectivity index (χ3v) is 3.49. The Bertz CT molecular complexity index is 345. The molecule has 1 aromatic rings. The molecular weight excluding hydrogens is 224 g/mol.